The number of carbonyl (C=O) groups excluding carboxylic acids is 1. The molecule has 0 aromatic heterocycles. The molecule has 0 bridgehead atoms. The smallest absolute Gasteiger partial charge is 0.251 e. The predicted molar refractivity (Wildman–Crippen MR) is 68.8 cm³/mol. The summed E-state index contributed by atoms with van der Waals surface area (Å²) in [6.07, 6.45) is 9.22. The van der Waals surface area contributed by atoms with Gasteiger partial charge in [-0.05, 0) is 49.4 Å². The summed E-state index contributed by atoms with van der Waals surface area (Å²) in [5.74, 6) is 2.53. The van der Waals surface area contributed by atoms with Gasteiger partial charge < -0.3 is 5.32 Å². The van der Waals surface area contributed by atoms with Gasteiger partial charge in [-0.25, -0.2) is 0 Å². The van der Waals surface area contributed by atoms with E-state index in [1.165, 1.54) is 17.5 Å². The Morgan fingerprint density at radius 1 is 1.47 bits per heavy atom. The molecule has 0 fully saturated rings. The van der Waals surface area contributed by atoms with Crippen LogP contribution in [0.1, 0.15) is 41.3 Å². The van der Waals surface area contributed by atoms with Crippen LogP contribution in [0, 0.1) is 12.3 Å². The van der Waals surface area contributed by atoms with Crippen molar-refractivity contribution in [1.82, 2.24) is 5.32 Å². The molecular formula is C15H17NO. The van der Waals surface area contributed by atoms with Gasteiger partial charge in [-0.1, -0.05) is 6.07 Å². The quantitative estimate of drug-likeness (QED) is 0.789. The lowest BCUT2D eigenvalue weighted by Crippen LogP contribution is -2.32. The summed E-state index contributed by atoms with van der Waals surface area (Å²) in [5.41, 5.74) is 3.45. The van der Waals surface area contributed by atoms with Crippen LogP contribution in [0.15, 0.2) is 18.2 Å². The number of benzene rings is 1. The second-order valence-electron chi connectivity index (χ2n) is 4.62. The average molecular weight is 227 g/mol. The Labute approximate surface area is 102 Å². The molecule has 2 heteroatoms. The predicted octanol–water partition coefficient (Wildman–Crippen LogP) is 2.32. The first kappa shape index (κ1) is 11.7. The molecule has 88 valence electrons. The van der Waals surface area contributed by atoms with E-state index in [0.717, 1.165) is 18.4 Å². The molecule has 1 unspecified atom stereocenters. The van der Waals surface area contributed by atoms with Crippen molar-refractivity contribution in [3.8, 4) is 12.3 Å². The van der Waals surface area contributed by atoms with Crippen LogP contribution >= 0.6 is 0 Å². The Morgan fingerprint density at radius 2 is 2.24 bits per heavy atom. The van der Waals surface area contributed by atoms with Gasteiger partial charge in [0, 0.05) is 18.0 Å². The molecule has 2 rings (SSSR count). The van der Waals surface area contributed by atoms with E-state index in [1.54, 1.807) is 0 Å². The lowest BCUT2D eigenvalue weighted by atomic mass is 10.1. The standard InChI is InChI=1S/C15H17NO/c1-3-5-11(2)16-15(17)14-9-8-12-6-4-7-13(12)10-14/h1,8-11H,4-7H2,2H3,(H,16,17). The maximum atomic E-state index is 12.0. The topological polar surface area (TPSA) is 29.1 Å². The van der Waals surface area contributed by atoms with E-state index < -0.39 is 0 Å². The Bertz CT molecular complexity index is 470. The normalized spacial score (nSPS) is 14.8. The molecule has 17 heavy (non-hydrogen) atoms. The second kappa shape index (κ2) is 5.05. The first-order valence-electron chi connectivity index (χ1n) is 6.07. The van der Waals surface area contributed by atoms with Crippen LogP contribution in [0.2, 0.25) is 0 Å². The highest BCUT2D eigenvalue weighted by Gasteiger charge is 2.14. The van der Waals surface area contributed by atoms with Gasteiger partial charge in [-0.15, -0.1) is 12.3 Å². The average Bonchev–Trinajstić information content (AvgIpc) is 2.75. The van der Waals surface area contributed by atoms with E-state index in [-0.39, 0.29) is 11.9 Å². The van der Waals surface area contributed by atoms with Crippen LogP contribution in [0.3, 0.4) is 0 Å². The molecule has 1 aliphatic carbocycles. The van der Waals surface area contributed by atoms with Crippen LogP contribution in [0.4, 0.5) is 0 Å². The number of nitrogens with one attached hydrogen (secondary N) is 1. The minimum atomic E-state index is -0.0255. The van der Waals surface area contributed by atoms with Gasteiger partial charge >= 0.3 is 0 Å². The molecule has 0 saturated heterocycles. The Hall–Kier alpha value is -1.75. The van der Waals surface area contributed by atoms with E-state index >= 15 is 0 Å². The number of hydrogen-bond acceptors (Lipinski definition) is 1. The fourth-order valence-corrected chi connectivity index (χ4v) is 2.25. The third kappa shape index (κ3) is 2.68. The van der Waals surface area contributed by atoms with Gasteiger partial charge in [0.2, 0.25) is 0 Å². The minimum Gasteiger partial charge on any atom is -0.349 e. The van der Waals surface area contributed by atoms with Gasteiger partial charge in [0.25, 0.3) is 5.91 Å². The van der Waals surface area contributed by atoms with Gasteiger partial charge in [-0.3, -0.25) is 4.79 Å². The van der Waals surface area contributed by atoms with Gasteiger partial charge in [0.1, 0.15) is 0 Å². The highest BCUT2D eigenvalue weighted by molar-refractivity contribution is 5.94. The van der Waals surface area contributed by atoms with Crippen molar-refractivity contribution in [3.05, 3.63) is 34.9 Å². The number of terminal acetylenes is 1. The molecule has 2 nitrogen and oxygen atoms in total. The zero-order valence-corrected chi connectivity index (χ0v) is 10.1. The summed E-state index contributed by atoms with van der Waals surface area (Å²) in [7, 11) is 0. The Balaban J connectivity index is 2.07. The van der Waals surface area contributed by atoms with Crippen LogP contribution < -0.4 is 5.32 Å². The molecule has 0 spiro atoms. The van der Waals surface area contributed by atoms with Crippen molar-refractivity contribution in [1.29, 1.82) is 0 Å². The molecule has 1 aromatic rings. The molecule has 1 aromatic carbocycles. The summed E-state index contributed by atoms with van der Waals surface area (Å²) < 4.78 is 0. The van der Waals surface area contributed by atoms with Crippen molar-refractivity contribution in [2.24, 2.45) is 0 Å². The number of carbonyl (C=O) groups is 1. The van der Waals surface area contributed by atoms with E-state index in [4.69, 9.17) is 6.42 Å². The fraction of sp³-hybridized carbons (Fsp3) is 0.400. The lowest BCUT2D eigenvalue weighted by molar-refractivity contribution is 0.0941. The number of amides is 1. The lowest BCUT2D eigenvalue weighted by Gasteiger charge is -2.11. The van der Waals surface area contributed by atoms with E-state index in [1.807, 2.05) is 19.1 Å². The van der Waals surface area contributed by atoms with Gasteiger partial charge in [0.15, 0.2) is 0 Å². The number of fused-ring (bicyclic) bond motifs is 1. The van der Waals surface area contributed by atoms with E-state index in [0.29, 0.717) is 6.42 Å². The molecule has 1 amide bonds. The zero-order valence-electron chi connectivity index (χ0n) is 10.1. The zero-order chi connectivity index (χ0) is 12.3. The molecule has 1 atom stereocenters. The summed E-state index contributed by atoms with van der Waals surface area (Å²) in [6.45, 7) is 1.92. The van der Waals surface area contributed by atoms with E-state index in [2.05, 4.69) is 17.3 Å². The number of aryl methyl sites for hydroxylation is 2. The summed E-state index contributed by atoms with van der Waals surface area (Å²) in [6, 6.07) is 6.02. The maximum absolute atomic E-state index is 12.0. The summed E-state index contributed by atoms with van der Waals surface area (Å²) in [5, 5.41) is 2.91. The third-order valence-electron chi connectivity index (χ3n) is 3.16. The van der Waals surface area contributed by atoms with Crippen molar-refractivity contribution in [2.75, 3.05) is 0 Å². The van der Waals surface area contributed by atoms with Crippen molar-refractivity contribution < 1.29 is 4.79 Å². The Morgan fingerprint density at radius 3 is 3.00 bits per heavy atom. The molecule has 1 aliphatic rings. The first-order valence-corrected chi connectivity index (χ1v) is 6.07. The van der Waals surface area contributed by atoms with Crippen molar-refractivity contribution in [2.45, 2.75) is 38.6 Å². The van der Waals surface area contributed by atoms with Crippen LogP contribution in [-0.2, 0) is 12.8 Å². The first-order chi connectivity index (χ1) is 8.20. The second-order valence-corrected chi connectivity index (χ2v) is 4.62. The number of hydrogen-bond donors (Lipinski definition) is 1. The van der Waals surface area contributed by atoms with E-state index in [9.17, 15) is 4.79 Å². The van der Waals surface area contributed by atoms with Crippen LogP contribution in [0.25, 0.3) is 0 Å². The molecule has 0 radical (unpaired) electrons. The fourth-order valence-electron chi connectivity index (χ4n) is 2.25. The third-order valence-corrected chi connectivity index (χ3v) is 3.16. The highest BCUT2D eigenvalue weighted by Crippen LogP contribution is 2.22. The van der Waals surface area contributed by atoms with Gasteiger partial charge in [0.05, 0.1) is 0 Å². The van der Waals surface area contributed by atoms with Gasteiger partial charge in [-0.2, -0.15) is 0 Å². The monoisotopic (exact) mass is 227 g/mol. The van der Waals surface area contributed by atoms with Crippen LogP contribution in [-0.4, -0.2) is 11.9 Å². The highest BCUT2D eigenvalue weighted by atomic mass is 16.1. The van der Waals surface area contributed by atoms with Crippen molar-refractivity contribution in [3.63, 3.8) is 0 Å². The van der Waals surface area contributed by atoms with Crippen LogP contribution in [0.5, 0.6) is 0 Å². The number of rotatable bonds is 3. The SMILES string of the molecule is C#CCC(C)NC(=O)c1ccc2c(c1)CCC2. The molecular weight excluding hydrogens is 210 g/mol. The van der Waals surface area contributed by atoms with Crippen molar-refractivity contribution >= 4 is 5.91 Å². The Kier molecular flexibility index (Phi) is 3.49. The molecule has 0 heterocycles. The largest absolute Gasteiger partial charge is 0.349 e. The molecule has 1 N–H and O–H groups in total. The maximum Gasteiger partial charge on any atom is 0.251 e. The minimum absolute atomic E-state index is 0.0255. The molecule has 0 aliphatic heterocycles. The summed E-state index contributed by atoms with van der Waals surface area (Å²) >= 11 is 0. The summed E-state index contributed by atoms with van der Waals surface area (Å²) in [4.78, 5) is 12.0. The molecule has 0 saturated carbocycles.